The van der Waals surface area contributed by atoms with Crippen LogP contribution in [0.1, 0.15) is 48.4 Å². The maximum Gasteiger partial charge on any atom is 0.293 e. The number of nitrogen functional groups attached to an aromatic ring is 1. The number of nitrogens with zero attached hydrogens (tertiary/aromatic N) is 7. The van der Waals surface area contributed by atoms with Crippen molar-refractivity contribution < 1.29 is 13.8 Å². The van der Waals surface area contributed by atoms with E-state index in [1.165, 1.54) is 17.0 Å². The van der Waals surface area contributed by atoms with Crippen molar-refractivity contribution in [1.82, 2.24) is 35.6 Å². The minimum atomic E-state index is -0.600. The third-order valence-corrected chi connectivity index (χ3v) is 4.40. The lowest BCUT2D eigenvalue weighted by atomic mass is 10.2. The van der Waals surface area contributed by atoms with Crippen LogP contribution in [-0.4, -0.2) is 55.4 Å². The summed E-state index contributed by atoms with van der Waals surface area (Å²) < 4.78 is 19.7. The molecule has 31 heavy (non-hydrogen) atoms. The van der Waals surface area contributed by atoms with Crippen LogP contribution in [0.2, 0.25) is 0 Å². The number of hydrogen-bond acceptors (Lipinski definition) is 9. The van der Waals surface area contributed by atoms with Gasteiger partial charge in [0.05, 0.1) is 11.9 Å². The molecule has 0 saturated heterocycles. The Morgan fingerprint density at radius 1 is 1.29 bits per heavy atom. The first-order valence-corrected chi connectivity index (χ1v) is 9.88. The van der Waals surface area contributed by atoms with E-state index in [4.69, 9.17) is 5.73 Å². The number of nitrogens with one attached hydrogen (secondary N) is 1. The Hall–Kier alpha value is -3.67. The number of nitrogens with two attached hydrogens (primary N) is 1. The molecule has 164 valence electrons. The molecule has 12 heteroatoms. The summed E-state index contributed by atoms with van der Waals surface area (Å²) in [5.74, 6) is -0.884. The van der Waals surface area contributed by atoms with Gasteiger partial charge in [0.1, 0.15) is 5.82 Å². The minimum Gasteiger partial charge on any atom is -0.378 e. The molecular formula is C19H24FN9O2. The van der Waals surface area contributed by atoms with Gasteiger partial charge in [0, 0.05) is 12.1 Å². The molecule has 0 saturated carbocycles. The number of carbonyl (C=O) groups is 1. The van der Waals surface area contributed by atoms with Crippen LogP contribution in [0, 0.1) is 5.82 Å². The fourth-order valence-corrected chi connectivity index (χ4v) is 3.04. The lowest BCUT2D eigenvalue weighted by Crippen LogP contribution is -2.28. The molecule has 0 aliphatic carbocycles. The van der Waals surface area contributed by atoms with Crippen molar-refractivity contribution in [2.75, 3.05) is 18.8 Å². The van der Waals surface area contributed by atoms with Gasteiger partial charge in [-0.1, -0.05) is 37.3 Å². The summed E-state index contributed by atoms with van der Waals surface area (Å²) in [6, 6.07) is 6.08. The van der Waals surface area contributed by atoms with Crippen molar-refractivity contribution in [3.63, 3.8) is 0 Å². The number of rotatable bonds is 10. The number of hydrogen-bond donors (Lipinski definition) is 2. The highest BCUT2D eigenvalue weighted by Gasteiger charge is 2.25. The van der Waals surface area contributed by atoms with Gasteiger partial charge in [0.2, 0.25) is 11.6 Å². The van der Waals surface area contributed by atoms with Crippen molar-refractivity contribution in [1.29, 1.82) is 0 Å². The van der Waals surface area contributed by atoms with E-state index in [2.05, 4.69) is 54.5 Å². The largest absolute Gasteiger partial charge is 0.378 e. The van der Waals surface area contributed by atoms with E-state index >= 15 is 0 Å². The predicted octanol–water partition coefficient (Wildman–Crippen LogP) is 1.76. The minimum absolute atomic E-state index is 0.0215. The Kier molecular flexibility index (Phi) is 7.38. The number of halogens is 1. The van der Waals surface area contributed by atoms with E-state index in [1.54, 1.807) is 18.2 Å². The smallest absolute Gasteiger partial charge is 0.293 e. The highest BCUT2D eigenvalue weighted by atomic mass is 19.1. The van der Waals surface area contributed by atoms with Crippen LogP contribution >= 0.6 is 0 Å². The zero-order chi connectivity index (χ0) is 22.2. The number of hydrazone groups is 1. The van der Waals surface area contributed by atoms with Crippen molar-refractivity contribution in [2.45, 2.75) is 33.2 Å². The molecule has 3 aromatic rings. The Bertz CT molecular complexity index is 1040. The van der Waals surface area contributed by atoms with E-state index in [-0.39, 0.29) is 22.9 Å². The molecule has 11 nitrogen and oxygen atoms in total. The predicted molar refractivity (Wildman–Crippen MR) is 111 cm³/mol. The fourth-order valence-electron chi connectivity index (χ4n) is 3.04. The monoisotopic (exact) mass is 429 g/mol. The molecule has 1 amide bonds. The van der Waals surface area contributed by atoms with Gasteiger partial charge in [0.25, 0.3) is 5.91 Å². The van der Waals surface area contributed by atoms with Gasteiger partial charge in [0.15, 0.2) is 5.69 Å². The molecule has 2 heterocycles. The topological polar surface area (TPSA) is 140 Å². The first-order valence-electron chi connectivity index (χ1n) is 9.88. The molecule has 0 spiro atoms. The van der Waals surface area contributed by atoms with Crippen LogP contribution in [0.3, 0.4) is 0 Å². The Balaban J connectivity index is 1.88. The quantitative estimate of drug-likeness (QED) is 0.367. The van der Waals surface area contributed by atoms with Crippen LogP contribution < -0.4 is 11.2 Å². The molecule has 0 radical (unpaired) electrons. The van der Waals surface area contributed by atoms with E-state index < -0.39 is 11.7 Å². The molecule has 1 aromatic carbocycles. The highest BCUT2D eigenvalue weighted by Crippen LogP contribution is 2.18. The second kappa shape index (κ2) is 10.4. The normalized spacial score (nSPS) is 11.5. The second-order valence-corrected chi connectivity index (χ2v) is 6.77. The summed E-state index contributed by atoms with van der Waals surface area (Å²) in [5.41, 5.74) is 8.92. The number of amides is 1. The highest BCUT2D eigenvalue weighted by molar-refractivity contribution is 5.94. The summed E-state index contributed by atoms with van der Waals surface area (Å²) >= 11 is 0. The van der Waals surface area contributed by atoms with E-state index in [9.17, 15) is 9.18 Å². The summed E-state index contributed by atoms with van der Waals surface area (Å²) in [4.78, 5) is 14.9. The van der Waals surface area contributed by atoms with Crippen LogP contribution in [0.15, 0.2) is 34.0 Å². The standard InChI is InChI=1S/C19H24FN9O2/c1-3-9-28(10-4-2)12-15-16(23-27-29(15)18-17(21)25-31-26-18)19(30)24-22-11-13-7-5-6-8-14(13)20/h5-8,11H,3-4,9-10,12H2,1-2H3,(H2,21,25)(H,24,30)/b22-11+. The molecule has 3 rings (SSSR count). The molecule has 0 fully saturated rings. The van der Waals surface area contributed by atoms with Gasteiger partial charge in [-0.05, 0) is 42.3 Å². The molecule has 0 aliphatic rings. The third-order valence-electron chi connectivity index (χ3n) is 4.40. The van der Waals surface area contributed by atoms with Gasteiger partial charge in [-0.15, -0.1) is 5.10 Å². The molecule has 0 unspecified atom stereocenters. The van der Waals surface area contributed by atoms with E-state index in [1.807, 2.05) is 0 Å². The second-order valence-electron chi connectivity index (χ2n) is 6.77. The van der Waals surface area contributed by atoms with Crippen molar-refractivity contribution in [3.8, 4) is 5.82 Å². The third kappa shape index (κ3) is 5.28. The fraction of sp³-hybridized carbons (Fsp3) is 0.368. The average Bonchev–Trinajstić information content (AvgIpc) is 3.35. The maximum absolute atomic E-state index is 13.7. The number of benzene rings is 1. The maximum atomic E-state index is 13.7. The first kappa shape index (κ1) is 22.0. The molecule has 0 atom stereocenters. The van der Waals surface area contributed by atoms with E-state index in [0.29, 0.717) is 12.2 Å². The average molecular weight is 429 g/mol. The molecule has 3 N–H and O–H groups in total. The van der Waals surface area contributed by atoms with Crippen LogP contribution in [-0.2, 0) is 6.54 Å². The molecular weight excluding hydrogens is 405 g/mol. The van der Waals surface area contributed by atoms with E-state index in [0.717, 1.165) is 25.9 Å². The van der Waals surface area contributed by atoms with Crippen LogP contribution in [0.4, 0.5) is 10.2 Å². The number of aromatic nitrogens is 5. The Labute approximate surface area is 178 Å². The molecule has 2 aromatic heterocycles. The Morgan fingerprint density at radius 2 is 2.03 bits per heavy atom. The summed E-state index contributed by atoms with van der Waals surface area (Å²) in [5, 5.41) is 19.2. The Morgan fingerprint density at radius 3 is 2.68 bits per heavy atom. The van der Waals surface area contributed by atoms with Crippen molar-refractivity contribution in [2.24, 2.45) is 5.10 Å². The molecule has 0 aliphatic heterocycles. The summed E-state index contributed by atoms with van der Waals surface area (Å²) in [7, 11) is 0. The summed E-state index contributed by atoms with van der Waals surface area (Å²) in [6.07, 6.45) is 3.09. The van der Waals surface area contributed by atoms with Crippen LogP contribution in [0.5, 0.6) is 0 Å². The van der Waals surface area contributed by atoms with Gasteiger partial charge < -0.3 is 5.73 Å². The van der Waals surface area contributed by atoms with Gasteiger partial charge in [-0.2, -0.15) is 9.78 Å². The van der Waals surface area contributed by atoms with Crippen molar-refractivity contribution in [3.05, 3.63) is 47.0 Å². The number of carbonyl (C=O) groups excluding carboxylic acids is 1. The first-order chi connectivity index (χ1) is 15.0. The lowest BCUT2D eigenvalue weighted by molar-refractivity contribution is 0.0947. The van der Waals surface area contributed by atoms with Gasteiger partial charge >= 0.3 is 0 Å². The lowest BCUT2D eigenvalue weighted by Gasteiger charge is -2.21. The molecule has 0 bridgehead atoms. The zero-order valence-electron chi connectivity index (χ0n) is 17.3. The van der Waals surface area contributed by atoms with Gasteiger partial charge in [-0.3, -0.25) is 9.69 Å². The van der Waals surface area contributed by atoms with Crippen LogP contribution in [0.25, 0.3) is 5.82 Å². The summed E-state index contributed by atoms with van der Waals surface area (Å²) in [6.45, 7) is 6.16. The van der Waals surface area contributed by atoms with Crippen molar-refractivity contribution >= 4 is 17.9 Å². The van der Waals surface area contributed by atoms with Gasteiger partial charge in [-0.25, -0.2) is 14.4 Å². The SMILES string of the molecule is CCCN(CCC)Cc1c(C(=O)N/N=C/c2ccccc2F)nnn1-c1nonc1N. The number of anilines is 1. The zero-order valence-corrected chi connectivity index (χ0v) is 17.3.